The third-order valence-electron chi connectivity index (χ3n) is 4.63. The van der Waals surface area contributed by atoms with Crippen LogP contribution in [0.15, 0.2) is 48.5 Å². The normalized spacial score (nSPS) is 12.8. The number of para-hydroxylation sites is 1. The molecule has 3 aromatic rings. The van der Waals surface area contributed by atoms with E-state index in [9.17, 15) is 0 Å². The molecule has 0 saturated heterocycles. The maximum absolute atomic E-state index is 2.47. The first kappa shape index (κ1) is 12.6. The van der Waals surface area contributed by atoms with Gasteiger partial charge in [0, 0.05) is 22.6 Å². The maximum Gasteiger partial charge on any atom is 0.216 e. The Morgan fingerprint density at radius 3 is 2.62 bits per heavy atom. The number of aryl methyl sites for hydroxylation is 1. The summed E-state index contributed by atoms with van der Waals surface area (Å²) in [5.74, 6) is 0.574. The zero-order valence-electron chi connectivity index (χ0n) is 12.9. The molecule has 0 saturated carbocycles. The third kappa shape index (κ3) is 1.80. The van der Waals surface area contributed by atoms with E-state index in [4.69, 9.17) is 0 Å². The minimum atomic E-state index is 0.574. The molecule has 1 aromatic heterocycles. The van der Waals surface area contributed by atoms with E-state index in [1.54, 1.807) is 0 Å². The molecule has 0 unspecified atom stereocenters. The topological polar surface area (TPSA) is 3.88 Å². The fraction of sp³-hybridized carbons (Fsp3) is 0.250. The van der Waals surface area contributed by atoms with Gasteiger partial charge in [0.25, 0.3) is 0 Å². The lowest BCUT2D eigenvalue weighted by Crippen LogP contribution is -2.34. The van der Waals surface area contributed by atoms with Gasteiger partial charge in [0.15, 0.2) is 6.54 Å². The molecule has 0 N–H and O–H groups in total. The first-order valence-corrected chi connectivity index (χ1v) is 7.70. The summed E-state index contributed by atoms with van der Waals surface area (Å²) in [7, 11) is 0. The summed E-state index contributed by atoms with van der Waals surface area (Å²) in [6.07, 6.45) is 0. The zero-order valence-corrected chi connectivity index (χ0v) is 12.9. The smallest absolute Gasteiger partial charge is 0.187 e. The van der Waals surface area contributed by atoms with Crippen molar-refractivity contribution in [2.24, 2.45) is 0 Å². The molecular weight excluding hydrogens is 254 g/mol. The van der Waals surface area contributed by atoms with Crippen molar-refractivity contribution >= 4 is 10.9 Å². The van der Waals surface area contributed by atoms with Crippen molar-refractivity contribution in [3.8, 4) is 11.3 Å². The van der Waals surface area contributed by atoms with Gasteiger partial charge in [-0.1, -0.05) is 38.1 Å². The van der Waals surface area contributed by atoms with E-state index in [1.165, 1.54) is 38.9 Å². The molecule has 1 aliphatic rings. The van der Waals surface area contributed by atoms with E-state index in [2.05, 4.69) is 73.9 Å². The SMILES string of the molecule is Cc1cc2ccccc2[n+]2c1-c1cc(C(C)C)ccc1C2. The molecular formula is C20H20N+. The molecule has 2 heterocycles. The lowest BCUT2D eigenvalue weighted by molar-refractivity contribution is -0.646. The van der Waals surface area contributed by atoms with Crippen molar-refractivity contribution < 1.29 is 4.57 Å². The molecule has 1 nitrogen and oxygen atoms in total. The average molecular weight is 274 g/mol. The van der Waals surface area contributed by atoms with Crippen LogP contribution in [0.5, 0.6) is 0 Å². The van der Waals surface area contributed by atoms with Crippen LogP contribution < -0.4 is 4.57 Å². The molecule has 1 aliphatic heterocycles. The molecule has 0 fully saturated rings. The summed E-state index contributed by atoms with van der Waals surface area (Å²) >= 11 is 0. The Balaban J connectivity index is 2.04. The van der Waals surface area contributed by atoms with Gasteiger partial charge in [-0.2, -0.15) is 4.57 Å². The highest BCUT2D eigenvalue weighted by atomic mass is 15.0. The van der Waals surface area contributed by atoms with Crippen LogP contribution in [-0.2, 0) is 6.54 Å². The first-order valence-electron chi connectivity index (χ1n) is 7.70. The van der Waals surface area contributed by atoms with E-state index < -0.39 is 0 Å². The fourth-order valence-electron chi connectivity index (χ4n) is 3.49. The van der Waals surface area contributed by atoms with E-state index >= 15 is 0 Å². The largest absolute Gasteiger partial charge is 0.216 e. The molecule has 104 valence electrons. The predicted molar refractivity (Wildman–Crippen MR) is 87.5 cm³/mol. The van der Waals surface area contributed by atoms with Gasteiger partial charge in [-0.25, -0.2) is 0 Å². The summed E-state index contributed by atoms with van der Waals surface area (Å²) in [6, 6.07) is 18.0. The molecule has 0 aliphatic carbocycles. The highest BCUT2D eigenvalue weighted by Gasteiger charge is 2.30. The van der Waals surface area contributed by atoms with Crippen LogP contribution >= 0.6 is 0 Å². The average Bonchev–Trinajstić information content (AvgIpc) is 2.86. The molecule has 1 heteroatoms. The molecule has 0 bridgehead atoms. The Bertz CT molecular complexity index is 859. The van der Waals surface area contributed by atoms with Crippen molar-refractivity contribution in [1.82, 2.24) is 0 Å². The molecule has 4 rings (SSSR count). The van der Waals surface area contributed by atoms with E-state index in [0.717, 1.165) is 6.54 Å². The third-order valence-corrected chi connectivity index (χ3v) is 4.63. The van der Waals surface area contributed by atoms with Crippen LogP contribution in [0.4, 0.5) is 0 Å². The van der Waals surface area contributed by atoms with Crippen LogP contribution in [-0.4, -0.2) is 0 Å². The second-order valence-electron chi connectivity index (χ2n) is 6.39. The predicted octanol–water partition coefficient (Wildman–Crippen LogP) is 4.59. The van der Waals surface area contributed by atoms with Gasteiger partial charge < -0.3 is 0 Å². The molecule has 0 atom stereocenters. The van der Waals surface area contributed by atoms with Gasteiger partial charge in [-0.05, 0) is 36.6 Å². The highest BCUT2D eigenvalue weighted by Crippen LogP contribution is 2.33. The standard InChI is InChI=1S/C20H20N/c1-13(2)15-8-9-17-12-21-19-7-5-4-6-16(19)10-14(3)20(21)18(17)11-15/h4-11,13H,12H2,1-3H3/q+1. The second kappa shape index (κ2) is 4.42. The van der Waals surface area contributed by atoms with E-state index in [-0.39, 0.29) is 0 Å². The molecule has 0 amide bonds. The number of pyridine rings is 1. The van der Waals surface area contributed by atoms with E-state index in [0.29, 0.717) is 5.92 Å². The molecule has 0 radical (unpaired) electrons. The monoisotopic (exact) mass is 274 g/mol. The lowest BCUT2D eigenvalue weighted by Gasteiger charge is -2.07. The second-order valence-corrected chi connectivity index (χ2v) is 6.39. The van der Waals surface area contributed by atoms with E-state index in [1.807, 2.05) is 0 Å². The summed E-state index contributed by atoms with van der Waals surface area (Å²) in [4.78, 5) is 0. The van der Waals surface area contributed by atoms with Crippen LogP contribution in [0.2, 0.25) is 0 Å². The van der Waals surface area contributed by atoms with Gasteiger partial charge >= 0.3 is 0 Å². The van der Waals surface area contributed by atoms with Gasteiger partial charge in [-0.3, -0.25) is 0 Å². The summed E-state index contributed by atoms with van der Waals surface area (Å²) < 4.78 is 2.47. The van der Waals surface area contributed by atoms with Crippen molar-refractivity contribution in [2.75, 3.05) is 0 Å². The van der Waals surface area contributed by atoms with Crippen molar-refractivity contribution in [2.45, 2.75) is 33.2 Å². The first-order chi connectivity index (χ1) is 10.1. The lowest BCUT2D eigenvalue weighted by atomic mass is 9.96. The summed E-state index contributed by atoms with van der Waals surface area (Å²) in [5, 5.41) is 1.33. The minimum absolute atomic E-state index is 0.574. The maximum atomic E-state index is 2.47. The summed E-state index contributed by atoms with van der Waals surface area (Å²) in [6.45, 7) is 7.75. The number of benzene rings is 2. The van der Waals surface area contributed by atoms with Gasteiger partial charge in [-0.15, -0.1) is 0 Å². The zero-order chi connectivity index (χ0) is 14.6. The summed E-state index contributed by atoms with van der Waals surface area (Å²) in [5.41, 5.74) is 8.39. The van der Waals surface area contributed by atoms with Gasteiger partial charge in [0.1, 0.15) is 0 Å². The number of aromatic nitrogens is 1. The Labute approximate surface area is 125 Å². The Kier molecular flexibility index (Phi) is 2.65. The molecule has 21 heavy (non-hydrogen) atoms. The van der Waals surface area contributed by atoms with Crippen LogP contribution in [0, 0.1) is 6.92 Å². The van der Waals surface area contributed by atoms with Gasteiger partial charge in [0.05, 0.1) is 5.56 Å². The number of hydrogen-bond acceptors (Lipinski definition) is 0. The van der Waals surface area contributed by atoms with Crippen molar-refractivity contribution in [3.05, 3.63) is 65.2 Å². The Hall–Kier alpha value is -2.15. The number of hydrogen-bond donors (Lipinski definition) is 0. The fourth-order valence-corrected chi connectivity index (χ4v) is 3.49. The number of fused-ring (bicyclic) bond motifs is 5. The van der Waals surface area contributed by atoms with Crippen LogP contribution in [0.25, 0.3) is 22.2 Å². The number of rotatable bonds is 1. The molecule has 0 spiro atoms. The number of nitrogens with zero attached hydrogens (tertiary/aromatic N) is 1. The quantitative estimate of drug-likeness (QED) is 0.447. The molecule has 2 aromatic carbocycles. The van der Waals surface area contributed by atoms with Crippen molar-refractivity contribution in [1.29, 1.82) is 0 Å². The minimum Gasteiger partial charge on any atom is -0.187 e. The Morgan fingerprint density at radius 2 is 1.81 bits per heavy atom. The van der Waals surface area contributed by atoms with Crippen LogP contribution in [0.1, 0.15) is 36.5 Å². The van der Waals surface area contributed by atoms with Crippen molar-refractivity contribution in [3.63, 3.8) is 0 Å². The highest BCUT2D eigenvalue weighted by molar-refractivity contribution is 5.80. The Morgan fingerprint density at radius 1 is 1.00 bits per heavy atom. The van der Waals surface area contributed by atoms with Gasteiger partial charge in [0.2, 0.25) is 11.2 Å². The van der Waals surface area contributed by atoms with Crippen LogP contribution in [0.3, 0.4) is 0 Å².